The number of nitrogens with zero attached hydrogens (tertiary/aromatic N) is 1. The van der Waals surface area contributed by atoms with Crippen molar-refractivity contribution in [3.63, 3.8) is 0 Å². The van der Waals surface area contributed by atoms with Crippen molar-refractivity contribution in [2.75, 3.05) is 13.1 Å². The van der Waals surface area contributed by atoms with E-state index in [1.807, 2.05) is 32.6 Å². The Kier molecular flexibility index (Phi) is 5.35. The minimum atomic E-state index is -0.422. The monoisotopic (exact) mass is 269 g/mol. The molecular formula is C14H27N3O2. The van der Waals surface area contributed by atoms with Gasteiger partial charge in [-0.2, -0.15) is 0 Å². The van der Waals surface area contributed by atoms with Crippen LogP contribution < -0.4 is 11.1 Å². The third-order valence-corrected chi connectivity index (χ3v) is 3.55. The second-order valence-electron chi connectivity index (χ2n) is 6.34. The van der Waals surface area contributed by atoms with E-state index in [1.54, 1.807) is 0 Å². The van der Waals surface area contributed by atoms with Crippen LogP contribution in [0.1, 0.15) is 47.0 Å². The van der Waals surface area contributed by atoms with Crippen molar-refractivity contribution in [1.29, 1.82) is 0 Å². The summed E-state index contributed by atoms with van der Waals surface area (Å²) in [6.45, 7) is 9.12. The summed E-state index contributed by atoms with van der Waals surface area (Å²) < 4.78 is 0. The maximum absolute atomic E-state index is 12.1. The summed E-state index contributed by atoms with van der Waals surface area (Å²) >= 11 is 0. The molecule has 0 aromatic carbocycles. The molecule has 0 radical (unpaired) electrons. The summed E-state index contributed by atoms with van der Waals surface area (Å²) in [6.07, 6.45) is 2.27. The number of nitrogens with two attached hydrogens (primary N) is 1. The second kappa shape index (κ2) is 6.37. The molecule has 110 valence electrons. The Morgan fingerprint density at radius 1 is 1.32 bits per heavy atom. The van der Waals surface area contributed by atoms with Gasteiger partial charge >= 0.3 is 0 Å². The number of carbonyl (C=O) groups excluding carboxylic acids is 2. The lowest BCUT2D eigenvalue weighted by molar-refractivity contribution is -0.140. The van der Waals surface area contributed by atoms with Gasteiger partial charge in [-0.15, -0.1) is 0 Å². The molecular weight excluding hydrogens is 242 g/mol. The number of likely N-dealkylation sites (tertiary alicyclic amines) is 1. The molecule has 1 aliphatic heterocycles. The van der Waals surface area contributed by atoms with Crippen molar-refractivity contribution in [2.24, 2.45) is 11.1 Å². The van der Waals surface area contributed by atoms with E-state index in [0.29, 0.717) is 19.5 Å². The van der Waals surface area contributed by atoms with Crippen molar-refractivity contribution >= 4 is 11.8 Å². The Hall–Kier alpha value is -1.10. The van der Waals surface area contributed by atoms with Gasteiger partial charge in [-0.25, -0.2) is 0 Å². The standard InChI is InChI=1S/C14H27N3O2/c1-5-11(15)12(18)16-10-6-8-17(9-7-10)13(19)14(2,3)4/h10-11H,5-9,15H2,1-4H3,(H,16,18)/t11-/m1/s1. The predicted octanol–water partition coefficient (Wildman–Crippen LogP) is 0.877. The van der Waals surface area contributed by atoms with Gasteiger partial charge in [0.15, 0.2) is 0 Å². The molecule has 3 N–H and O–H groups in total. The predicted molar refractivity (Wildman–Crippen MR) is 75.5 cm³/mol. The lowest BCUT2D eigenvalue weighted by Gasteiger charge is -2.36. The molecule has 1 heterocycles. The number of rotatable bonds is 3. The Morgan fingerprint density at radius 3 is 2.26 bits per heavy atom. The summed E-state index contributed by atoms with van der Waals surface area (Å²) in [5, 5.41) is 2.97. The smallest absolute Gasteiger partial charge is 0.237 e. The van der Waals surface area contributed by atoms with Gasteiger partial charge in [0.25, 0.3) is 0 Å². The molecule has 1 rings (SSSR count). The molecule has 5 nitrogen and oxygen atoms in total. The highest BCUT2D eigenvalue weighted by molar-refractivity contribution is 5.82. The van der Waals surface area contributed by atoms with Crippen molar-refractivity contribution in [3.05, 3.63) is 0 Å². The van der Waals surface area contributed by atoms with E-state index in [0.717, 1.165) is 12.8 Å². The summed E-state index contributed by atoms with van der Waals surface area (Å²) in [5.41, 5.74) is 5.36. The highest BCUT2D eigenvalue weighted by Gasteiger charge is 2.30. The molecule has 1 saturated heterocycles. The topological polar surface area (TPSA) is 75.4 Å². The number of hydrogen-bond donors (Lipinski definition) is 2. The van der Waals surface area contributed by atoms with Crippen LogP contribution in [0.25, 0.3) is 0 Å². The van der Waals surface area contributed by atoms with Gasteiger partial charge in [0.2, 0.25) is 11.8 Å². The molecule has 0 aromatic heterocycles. The highest BCUT2D eigenvalue weighted by atomic mass is 16.2. The zero-order chi connectivity index (χ0) is 14.6. The Labute approximate surface area is 115 Å². The van der Waals surface area contributed by atoms with E-state index in [4.69, 9.17) is 5.73 Å². The van der Waals surface area contributed by atoms with Crippen LogP contribution in [0.5, 0.6) is 0 Å². The molecule has 0 spiro atoms. The zero-order valence-electron chi connectivity index (χ0n) is 12.5. The first kappa shape index (κ1) is 16.0. The molecule has 0 bridgehead atoms. The minimum absolute atomic E-state index is 0.0805. The minimum Gasteiger partial charge on any atom is -0.352 e. The first-order valence-corrected chi connectivity index (χ1v) is 7.11. The van der Waals surface area contributed by atoms with Crippen LogP contribution in [-0.4, -0.2) is 41.9 Å². The maximum atomic E-state index is 12.1. The normalized spacial score (nSPS) is 19.1. The van der Waals surface area contributed by atoms with E-state index in [2.05, 4.69) is 5.32 Å². The van der Waals surface area contributed by atoms with Crippen LogP contribution in [0.2, 0.25) is 0 Å². The van der Waals surface area contributed by atoms with Crippen molar-refractivity contribution in [3.8, 4) is 0 Å². The third kappa shape index (κ3) is 4.49. The number of amides is 2. The van der Waals surface area contributed by atoms with Crippen molar-refractivity contribution < 1.29 is 9.59 Å². The largest absolute Gasteiger partial charge is 0.352 e. The molecule has 1 aliphatic rings. The first-order valence-electron chi connectivity index (χ1n) is 7.11. The summed E-state index contributed by atoms with van der Waals surface area (Å²) in [7, 11) is 0. The van der Waals surface area contributed by atoms with Gasteiger partial charge in [-0.1, -0.05) is 27.7 Å². The fourth-order valence-electron chi connectivity index (χ4n) is 2.19. The molecule has 0 aromatic rings. The van der Waals surface area contributed by atoms with Crippen molar-refractivity contribution in [2.45, 2.75) is 59.0 Å². The maximum Gasteiger partial charge on any atom is 0.237 e. The van der Waals surface area contributed by atoms with E-state index in [9.17, 15) is 9.59 Å². The molecule has 1 fully saturated rings. The molecule has 0 saturated carbocycles. The summed E-state index contributed by atoms with van der Waals surface area (Å²) in [6, 6.07) is -0.275. The fraction of sp³-hybridized carbons (Fsp3) is 0.857. The van der Waals surface area contributed by atoms with Crippen molar-refractivity contribution in [1.82, 2.24) is 10.2 Å². The van der Waals surface area contributed by atoms with E-state index in [1.165, 1.54) is 0 Å². The zero-order valence-corrected chi connectivity index (χ0v) is 12.5. The fourth-order valence-corrected chi connectivity index (χ4v) is 2.19. The quantitative estimate of drug-likeness (QED) is 0.798. The Morgan fingerprint density at radius 2 is 1.84 bits per heavy atom. The van der Waals surface area contributed by atoms with Crippen LogP contribution in [0.15, 0.2) is 0 Å². The van der Waals surface area contributed by atoms with Gasteiger partial charge in [0.05, 0.1) is 6.04 Å². The van der Waals surface area contributed by atoms with Gasteiger partial charge in [-0.3, -0.25) is 9.59 Å². The van der Waals surface area contributed by atoms with Crippen LogP contribution in [-0.2, 0) is 9.59 Å². The SMILES string of the molecule is CC[C@@H](N)C(=O)NC1CCN(C(=O)C(C)(C)C)CC1. The van der Waals surface area contributed by atoms with Crippen LogP contribution in [0, 0.1) is 5.41 Å². The lowest BCUT2D eigenvalue weighted by Crippen LogP contribution is -2.51. The van der Waals surface area contributed by atoms with Gasteiger partial charge < -0.3 is 16.0 Å². The molecule has 0 unspecified atom stereocenters. The average molecular weight is 269 g/mol. The van der Waals surface area contributed by atoms with E-state index < -0.39 is 6.04 Å². The molecule has 19 heavy (non-hydrogen) atoms. The third-order valence-electron chi connectivity index (χ3n) is 3.55. The first-order chi connectivity index (χ1) is 8.75. The molecule has 2 amide bonds. The second-order valence-corrected chi connectivity index (χ2v) is 6.34. The molecule has 0 aliphatic carbocycles. The number of hydrogen-bond acceptors (Lipinski definition) is 3. The summed E-state index contributed by atoms with van der Waals surface area (Å²) in [4.78, 5) is 25.7. The van der Waals surface area contributed by atoms with Crippen LogP contribution >= 0.6 is 0 Å². The van der Waals surface area contributed by atoms with Gasteiger partial charge in [0.1, 0.15) is 0 Å². The molecule has 1 atom stereocenters. The van der Waals surface area contributed by atoms with Crippen LogP contribution in [0.4, 0.5) is 0 Å². The van der Waals surface area contributed by atoms with E-state index >= 15 is 0 Å². The summed E-state index contributed by atoms with van der Waals surface area (Å²) in [5.74, 6) is 0.102. The number of carbonyl (C=O) groups is 2. The molecule has 5 heteroatoms. The van der Waals surface area contributed by atoms with E-state index in [-0.39, 0.29) is 23.3 Å². The number of nitrogens with one attached hydrogen (secondary N) is 1. The average Bonchev–Trinajstić information content (AvgIpc) is 2.36. The highest BCUT2D eigenvalue weighted by Crippen LogP contribution is 2.20. The van der Waals surface area contributed by atoms with Gasteiger partial charge in [-0.05, 0) is 19.3 Å². The van der Waals surface area contributed by atoms with Crippen LogP contribution in [0.3, 0.4) is 0 Å². The Balaban J connectivity index is 2.41. The van der Waals surface area contributed by atoms with Gasteiger partial charge in [0, 0.05) is 24.5 Å². The number of piperidine rings is 1. The Bertz CT molecular complexity index is 328. The lowest BCUT2D eigenvalue weighted by atomic mass is 9.93.